The summed E-state index contributed by atoms with van der Waals surface area (Å²) in [5.41, 5.74) is 0.927. The third-order valence-electron chi connectivity index (χ3n) is 3.37. The molecular formula is C13H18N2O2. The monoisotopic (exact) mass is 234 g/mol. The maximum Gasteiger partial charge on any atom is 0.356 e. The van der Waals surface area contributed by atoms with Crippen molar-refractivity contribution in [2.45, 2.75) is 32.7 Å². The first-order chi connectivity index (χ1) is 8.11. The molecule has 1 unspecified atom stereocenters. The van der Waals surface area contributed by atoms with Crippen molar-refractivity contribution in [3.8, 4) is 0 Å². The number of aromatic carboxylic acids is 1. The molecule has 0 spiro atoms. The number of anilines is 1. The summed E-state index contributed by atoms with van der Waals surface area (Å²) >= 11 is 0. The lowest BCUT2D eigenvalue weighted by Gasteiger charge is -2.30. The molecule has 2 heterocycles. The van der Waals surface area contributed by atoms with Crippen LogP contribution in [-0.4, -0.2) is 28.6 Å². The van der Waals surface area contributed by atoms with Gasteiger partial charge in [-0.05, 0) is 30.9 Å². The quantitative estimate of drug-likeness (QED) is 0.872. The molecule has 0 amide bonds. The van der Waals surface area contributed by atoms with Gasteiger partial charge < -0.3 is 10.0 Å². The summed E-state index contributed by atoms with van der Waals surface area (Å²) in [6.45, 7) is 5.29. The van der Waals surface area contributed by atoms with Crippen molar-refractivity contribution in [1.29, 1.82) is 0 Å². The molecule has 1 aliphatic rings. The fraction of sp³-hybridized carbons (Fsp3) is 0.538. The molecule has 1 N–H and O–H groups in total. The minimum Gasteiger partial charge on any atom is -0.476 e. The second kappa shape index (κ2) is 4.73. The Kier molecular flexibility index (Phi) is 3.31. The average Bonchev–Trinajstić information content (AvgIpc) is 2.77. The van der Waals surface area contributed by atoms with E-state index >= 15 is 0 Å². The van der Waals surface area contributed by atoms with Crippen LogP contribution in [0.25, 0.3) is 0 Å². The molecule has 92 valence electrons. The van der Waals surface area contributed by atoms with Gasteiger partial charge >= 0.3 is 5.97 Å². The summed E-state index contributed by atoms with van der Waals surface area (Å²) in [6, 6.07) is 4.09. The maximum absolute atomic E-state index is 11.2. The summed E-state index contributed by atoms with van der Waals surface area (Å²) in [4.78, 5) is 17.3. The van der Waals surface area contributed by atoms with Crippen LogP contribution in [0.2, 0.25) is 0 Å². The summed E-state index contributed by atoms with van der Waals surface area (Å²) < 4.78 is 0. The Morgan fingerprint density at radius 3 is 3.00 bits per heavy atom. The van der Waals surface area contributed by atoms with E-state index in [0.29, 0.717) is 12.0 Å². The largest absolute Gasteiger partial charge is 0.476 e. The Hall–Kier alpha value is -1.58. The number of rotatable bonds is 3. The number of carboxylic acid groups (broad SMARTS) is 1. The first-order valence-electron chi connectivity index (χ1n) is 6.06. The van der Waals surface area contributed by atoms with Gasteiger partial charge in [-0.2, -0.15) is 0 Å². The van der Waals surface area contributed by atoms with E-state index in [-0.39, 0.29) is 5.69 Å². The zero-order valence-electron chi connectivity index (χ0n) is 10.3. The van der Waals surface area contributed by atoms with Crippen LogP contribution in [0.15, 0.2) is 18.3 Å². The summed E-state index contributed by atoms with van der Waals surface area (Å²) in [5, 5.41) is 9.16. The normalized spacial score (nSPS) is 19.9. The van der Waals surface area contributed by atoms with Gasteiger partial charge in [0.05, 0.1) is 5.69 Å². The first kappa shape index (κ1) is 11.9. The molecule has 4 heteroatoms. The summed E-state index contributed by atoms with van der Waals surface area (Å²) in [5.74, 6) is -0.422. The highest BCUT2D eigenvalue weighted by Crippen LogP contribution is 2.31. The van der Waals surface area contributed by atoms with Crippen molar-refractivity contribution in [1.82, 2.24) is 4.98 Å². The van der Waals surface area contributed by atoms with Crippen LogP contribution in [0.1, 0.15) is 37.2 Å². The molecule has 0 saturated carbocycles. The van der Waals surface area contributed by atoms with E-state index in [0.717, 1.165) is 25.1 Å². The molecule has 1 aromatic rings. The first-order valence-corrected chi connectivity index (χ1v) is 6.06. The minimum absolute atomic E-state index is 0.167. The highest BCUT2D eigenvalue weighted by atomic mass is 16.4. The predicted octanol–water partition coefficient (Wildman–Crippen LogP) is 2.40. The zero-order valence-corrected chi connectivity index (χ0v) is 10.3. The molecule has 17 heavy (non-hydrogen) atoms. The van der Waals surface area contributed by atoms with Gasteiger partial charge in [0.15, 0.2) is 5.69 Å². The maximum atomic E-state index is 11.2. The van der Waals surface area contributed by atoms with Crippen LogP contribution in [0.5, 0.6) is 0 Å². The molecule has 4 nitrogen and oxygen atoms in total. The molecule has 1 fully saturated rings. The summed E-state index contributed by atoms with van der Waals surface area (Å²) in [6.07, 6.45) is 3.79. The van der Waals surface area contributed by atoms with E-state index in [1.54, 1.807) is 6.07 Å². The number of nitrogens with zero attached hydrogens (tertiary/aromatic N) is 2. The van der Waals surface area contributed by atoms with Gasteiger partial charge in [-0.15, -0.1) is 0 Å². The average molecular weight is 234 g/mol. The standard InChI is InChI=1S/C13H18N2O2/c1-9(2)10-6-4-8-15(10)11-5-3-7-14-12(11)13(16)17/h3,5,7,9-10H,4,6,8H2,1-2H3,(H,16,17). The fourth-order valence-electron chi connectivity index (χ4n) is 2.58. The van der Waals surface area contributed by atoms with Gasteiger partial charge in [0.1, 0.15) is 0 Å². The number of carbonyl (C=O) groups is 1. The molecule has 1 aromatic heterocycles. The highest BCUT2D eigenvalue weighted by Gasteiger charge is 2.30. The van der Waals surface area contributed by atoms with Crippen LogP contribution >= 0.6 is 0 Å². The van der Waals surface area contributed by atoms with Crippen LogP contribution in [0.4, 0.5) is 5.69 Å². The van der Waals surface area contributed by atoms with Crippen LogP contribution in [-0.2, 0) is 0 Å². The molecule has 0 radical (unpaired) electrons. The van der Waals surface area contributed by atoms with Crippen molar-refractivity contribution < 1.29 is 9.90 Å². The lowest BCUT2D eigenvalue weighted by atomic mass is 10.0. The van der Waals surface area contributed by atoms with E-state index in [2.05, 4.69) is 23.7 Å². The zero-order chi connectivity index (χ0) is 12.4. The van der Waals surface area contributed by atoms with Crippen LogP contribution in [0, 0.1) is 5.92 Å². The minimum atomic E-state index is -0.949. The van der Waals surface area contributed by atoms with Gasteiger partial charge in [0.2, 0.25) is 0 Å². The lowest BCUT2D eigenvalue weighted by Crippen LogP contribution is -2.34. The molecule has 0 bridgehead atoms. The molecule has 0 aliphatic carbocycles. The Morgan fingerprint density at radius 2 is 2.35 bits per heavy atom. The van der Waals surface area contributed by atoms with E-state index in [9.17, 15) is 4.79 Å². The second-order valence-corrected chi connectivity index (χ2v) is 4.82. The topological polar surface area (TPSA) is 53.4 Å². The van der Waals surface area contributed by atoms with Gasteiger partial charge in [-0.25, -0.2) is 9.78 Å². The van der Waals surface area contributed by atoms with Gasteiger partial charge in [0.25, 0.3) is 0 Å². The number of carboxylic acids is 1. The SMILES string of the molecule is CC(C)C1CCCN1c1cccnc1C(=O)O. The van der Waals surface area contributed by atoms with E-state index in [1.165, 1.54) is 6.20 Å². The van der Waals surface area contributed by atoms with Crippen molar-refractivity contribution >= 4 is 11.7 Å². The molecule has 1 saturated heterocycles. The Morgan fingerprint density at radius 1 is 1.59 bits per heavy atom. The third-order valence-corrected chi connectivity index (χ3v) is 3.37. The lowest BCUT2D eigenvalue weighted by molar-refractivity contribution is 0.0691. The van der Waals surface area contributed by atoms with Crippen molar-refractivity contribution in [2.24, 2.45) is 5.92 Å². The van der Waals surface area contributed by atoms with Crippen molar-refractivity contribution in [3.05, 3.63) is 24.0 Å². The number of pyridine rings is 1. The molecule has 1 atom stereocenters. The smallest absolute Gasteiger partial charge is 0.356 e. The Labute approximate surface area is 101 Å². The number of hydrogen-bond donors (Lipinski definition) is 1. The van der Waals surface area contributed by atoms with E-state index < -0.39 is 5.97 Å². The van der Waals surface area contributed by atoms with Gasteiger partial charge in [-0.1, -0.05) is 13.8 Å². The van der Waals surface area contributed by atoms with Crippen molar-refractivity contribution in [2.75, 3.05) is 11.4 Å². The summed E-state index contributed by atoms with van der Waals surface area (Å²) in [7, 11) is 0. The van der Waals surface area contributed by atoms with Gasteiger partial charge in [0, 0.05) is 18.8 Å². The highest BCUT2D eigenvalue weighted by molar-refractivity contribution is 5.92. The molecule has 0 aromatic carbocycles. The fourth-order valence-corrected chi connectivity index (χ4v) is 2.58. The molecule has 1 aliphatic heterocycles. The van der Waals surface area contributed by atoms with Crippen molar-refractivity contribution in [3.63, 3.8) is 0 Å². The van der Waals surface area contributed by atoms with Crippen LogP contribution < -0.4 is 4.90 Å². The van der Waals surface area contributed by atoms with E-state index in [4.69, 9.17) is 5.11 Å². The molecule has 2 rings (SSSR count). The third kappa shape index (κ3) is 2.25. The second-order valence-electron chi connectivity index (χ2n) is 4.82. The Balaban J connectivity index is 2.36. The Bertz CT molecular complexity index is 418. The predicted molar refractivity (Wildman–Crippen MR) is 66.4 cm³/mol. The molecular weight excluding hydrogens is 216 g/mol. The van der Waals surface area contributed by atoms with Crippen LogP contribution in [0.3, 0.4) is 0 Å². The van der Waals surface area contributed by atoms with Gasteiger partial charge in [-0.3, -0.25) is 0 Å². The number of hydrogen-bond acceptors (Lipinski definition) is 3. The van der Waals surface area contributed by atoms with E-state index in [1.807, 2.05) is 6.07 Å². The number of aromatic nitrogens is 1.